The number of aryl methyl sites for hydroxylation is 1. The predicted octanol–water partition coefficient (Wildman–Crippen LogP) is 2.21. The van der Waals surface area contributed by atoms with Crippen LogP contribution in [0.25, 0.3) is 0 Å². The van der Waals surface area contributed by atoms with Gasteiger partial charge in [0, 0.05) is 10.0 Å². The lowest BCUT2D eigenvalue weighted by molar-refractivity contribution is -0.0164. The van der Waals surface area contributed by atoms with E-state index in [0.717, 1.165) is 28.6 Å². The fourth-order valence-electron chi connectivity index (χ4n) is 1.62. The second-order valence-corrected chi connectivity index (χ2v) is 4.41. The molecule has 0 unspecified atom stereocenters. The van der Waals surface area contributed by atoms with Crippen molar-refractivity contribution in [3.63, 3.8) is 0 Å². The lowest BCUT2D eigenvalue weighted by Crippen LogP contribution is -2.12. The summed E-state index contributed by atoms with van der Waals surface area (Å²) in [4.78, 5) is 0. The molecule has 15 heavy (non-hydrogen) atoms. The molecule has 2 rings (SSSR count). The standard InChI is InChI=1S/C11H14BrNO2/c12-10-4-9-6-14-7-15-11(9)5-8(10)2-1-3-13/h4-5H,1-3,6-7,13H2. The molecule has 0 aromatic heterocycles. The molecule has 1 aliphatic heterocycles. The minimum absolute atomic E-state index is 0.352. The van der Waals surface area contributed by atoms with Crippen molar-refractivity contribution in [1.29, 1.82) is 0 Å². The number of rotatable bonds is 3. The number of halogens is 1. The van der Waals surface area contributed by atoms with Crippen LogP contribution in [0.5, 0.6) is 5.75 Å². The zero-order chi connectivity index (χ0) is 10.7. The minimum Gasteiger partial charge on any atom is -0.467 e. The Labute approximate surface area is 97.7 Å². The summed E-state index contributed by atoms with van der Waals surface area (Å²) in [5.41, 5.74) is 7.85. The average Bonchev–Trinajstić information content (AvgIpc) is 2.26. The van der Waals surface area contributed by atoms with E-state index in [9.17, 15) is 0 Å². The molecule has 3 nitrogen and oxygen atoms in total. The molecule has 2 N–H and O–H groups in total. The SMILES string of the molecule is NCCCc1cc2c(cc1Br)COCO2. The van der Waals surface area contributed by atoms with Gasteiger partial charge in [-0.2, -0.15) is 0 Å². The van der Waals surface area contributed by atoms with Crippen LogP contribution in [0.4, 0.5) is 0 Å². The Kier molecular flexibility index (Phi) is 3.61. The summed E-state index contributed by atoms with van der Waals surface area (Å²) in [5, 5.41) is 0. The highest BCUT2D eigenvalue weighted by molar-refractivity contribution is 9.10. The molecule has 82 valence electrons. The quantitative estimate of drug-likeness (QED) is 0.917. The smallest absolute Gasteiger partial charge is 0.189 e. The molecule has 0 saturated carbocycles. The number of hydrogen-bond donors (Lipinski definition) is 1. The van der Waals surface area contributed by atoms with Crippen molar-refractivity contribution in [2.75, 3.05) is 13.3 Å². The van der Waals surface area contributed by atoms with Gasteiger partial charge >= 0.3 is 0 Å². The second-order valence-electron chi connectivity index (χ2n) is 3.55. The highest BCUT2D eigenvalue weighted by Gasteiger charge is 2.13. The molecule has 0 spiro atoms. The summed E-state index contributed by atoms with van der Waals surface area (Å²) in [7, 11) is 0. The molecule has 0 bridgehead atoms. The van der Waals surface area contributed by atoms with E-state index in [-0.39, 0.29) is 0 Å². The van der Waals surface area contributed by atoms with Crippen molar-refractivity contribution >= 4 is 15.9 Å². The molecule has 0 aliphatic carbocycles. The van der Waals surface area contributed by atoms with Crippen LogP contribution in [-0.4, -0.2) is 13.3 Å². The van der Waals surface area contributed by atoms with Crippen LogP contribution < -0.4 is 10.5 Å². The molecule has 0 fully saturated rings. The third-order valence-corrected chi connectivity index (χ3v) is 3.17. The summed E-state index contributed by atoms with van der Waals surface area (Å²) in [5.74, 6) is 0.941. The predicted molar refractivity (Wildman–Crippen MR) is 61.8 cm³/mol. The van der Waals surface area contributed by atoms with Crippen LogP contribution in [-0.2, 0) is 17.8 Å². The minimum atomic E-state index is 0.352. The summed E-state index contributed by atoms with van der Waals surface area (Å²) < 4.78 is 11.7. The fourth-order valence-corrected chi connectivity index (χ4v) is 2.21. The maximum atomic E-state index is 5.50. The number of nitrogens with two attached hydrogens (primary N) is 1. The molecule has 1 aliphatic rings. The van der Waals surface area contributed by atoms with Gasteiger partial charge in [-0.15, -0.1) is 0 Å². The second kappa shape index (κ2) is 4.96. The van der Waals surface area contributed by atoms with Crippen LogP contribution in [0.3, 0.4) is 0 Å². The van der Waals surface area contributed by atoms with Gasteiger partial charge in [-0.3, -0.25) is 0 Å². The van der Waals surface area contributed by atoms with Crippen molar-refractivity contribution in [2.45, 2.75) is 19.4 Å². The molecule has 1 aromatic carbocycles. The third kappa shape index (κ3) is 2.51. The Morgan fingerprint density at radius 3 is 3.07 bits per heavy atom. The van der Waals surface area contributed by atoms with Gasteiger partial charge in [0.25, 0.3) is 0 Å². The number of hydrogen-bond acceptors (Lipinski definition) is 3. The molecule has 0 radical (unpaired) electrons. The van der Waals surface area contributed by atoms with Crippen LogP contribution >= 0.6 is 15.9 Å². The Hall–Kier alpha value is -0.580. The van der Waals surface area contributed by atoms with Crippen LogP contribution in [0, 0.1) is 0 Å². The Morgan fingerprint density at radius 1 is 1.40 bits per heavy atom. The first kappa shape index (κ1) is 10.9. The van der Waals surface area contributed by atoms with Crippen LogP contribution in [0.15, 0.2) is 16.6 Å². The Bertz CT molecular complexity index is 355. The van der Waals surface area contributed by atoms with E-state index >= 15 is 0 Å². The van der Waals surface area contributed by atoms with Gasteiger partial charge in [-0.25, -0.2) is 0 Å². The molecule has 4 heteroatoms. The van der Waals surface area contributed by atoms with Crippen LogP contribution in [0.1, 0.15) is 17.5 Å². The van der Waals surface area contributed by atoms with Crippen molar-refractivity contribution in [1.82, 2.24) is 0 Å². The number of ether oxygens (including phenoxy) is 2. The third-order valence-electron chi connectivity index (χ3n) is 2.44. The molecule has 0 saturated heterocycles. The topological polar surface area (TPSA) is 44.5 Å². The van der Waals surface area contributed by atoms with Crippen molar-refractivity contribution in [3.05, 3.63) is 27.7 Å². The summed E-state index contributed by atoms with van der Waals surface area (Å²) in [6.45, 7) is 1.70. The van der Waals surface area contributed by atoms with E-state index in [1.54, 1.807) is 0 Å². The Morgan fingerprint density at radius 2 is 2.27 bits per heavy atom. The highest BCUT2D eigenvalue weighted by Crippen LogP contribution is 2.30. The van der Waals surface area contributed by atoms with E-state index in [1.165, 1.54) is 5.56 Å². The van der Waals surface area contributed by atoms with Crippen molar-refractivity contribution < 1.29 is 9.47 Å². The van der Waals surface area contributed by atoms with Gasteiger partial charge in [0.2, 0.25) is 0 Å². The highest BCUT2D eigenvalue weighted by atomic mass is 79.9. The molecular formula is C11H14BrNO2. The van der Waals surface area contributed by atoms with Gasteiger partial charge in [-0.1, -0.05) is 15.9 Å². The zero-order valence-electron chi connectivity index (χ0n) is 8.46. The first-order chi connectivity index (χ1) is 7.31. The van der Waals surface area contributed by atoms with E-state index in [4.69, 9.17) is 15.2 Å². The molecule has 0 amide bonds. The molecule has 1 aromatic rings. The molecule has 0 atom stereocenters. The average molecular weight is 272 g/mol. The van der Waals surface area contributed by atoms with E-state index in [1.807, 2.05) is 0 Å². The van der Waals surface area contributed by atoms with Crippen molar-refractivity contribution in [3.8, 4) is 5.75 Å². The van der Waals surface area contributed by atoms with Gasteiger partial charge in [0.1, 0.15) is 5.75 Å². The Balaban J connectivity index is 2.24. The first-order valence-corrected chi connectivity index (χ1v) is 5.82. The fraction of sp³-hybridized carbons (Fsp3) is 0.455. The van der Waals surface area contributed by atoms with E-state index in [0.29, 0.717) is 19.9 Å². The first-order valence-electron chi connectivity index (χ1n) is 5.03. The zero-order valence-corrected chi connectivity index (χ0v) is 10.0. The van der Waals surface area contributed by atoms with Crippen molar-refractivity contribution in [2.24, 2.45) is 5.73 Å². The summed E-state index contributed by atoms with van der Waals surface area (Å²) in [6, 6.07) is 4.15. The van der Waals surface area contributed by atoms with E-state index < -0.39 is 0 Å². The van der Waals surface area contributed by atoms with Gasteiger partial charge in [0.05, 0.1) is 6.61 Å². The molecular weight excluding hydrogens is 258 g/mol. The van der Waals surface area contributed by atoms with Gasteiger partial charge in [0.15, 0.2) is 6.79 Å². The lowest BCUT2D eigenvalue weighted by atomic mass is 10.1. The maximum absolute atomic E-state index is 5.50. The van der Waals surface area contributed by atoms with Gasteiger partial charge in [-0.05, 0) is 37.1 Å². The normalized spacial score (nSPS) is 14.5. The van der Waals surface area contributed by atoms with Gasteiger partial charge < -0.3 is 15.2 Å². The summed E-state index contributed by atoms with van der Waals surface area (Å²) >= 11 is 3.55. The summed E-state index contributed by atoms with van der Waals surface area (Å²) in [6.07, 6.45) is 1.97. The van der Waals surface area contributed by atoms with E-state index in [2.05, 4.69) is 28.1 Å². The van der Waals surface area contributed by atoms with Crippen LogP contribution in [0.2, 0.25) is 0 Å². The largest absolute Gasteiger partial charge is 0.467 e. The monoisotopic (exact) mass is 271 g/mol. The maximum Gasteiger partial charge on any atom is 0.189 e. The lowest BCUT2D eigenvalue weighted by Gasteiger charge is -2.19. The molecule has 1 heterocycles. The number of benzene rings is 1. The number of fused-ring (bicyclic) bond motifs is 1.